The lowest BCUT2D eigenvalue weighted by atomic mass is 10.1. The van der Waals surface area contributed by atoms with Crippen LogP contribution in [0.5, 0.6) is 5.75 Å². The van der Waals surface area contributed by atoms with Gasteiger partial charge in [0.1, 0.15) is 16.0 Å². The van der Waals surface area contributed by atoms with Crippen LogP contribution in [-0.2, 0) is 19.6 Å². The van der Waals surface area contributed by atoms with Gasteiger partial charge in [0.2, 0.25) is 11.8 Å². The minimum absolute atomic E-state index is 0.00650. The van der Waals surface area contributed by atoms with Crippen molar-refractivity contribution in [3.8, 4) is 16.9 Å². The third kappa shape index (κ3) is 6.06. The van der Waals surface area contributed by atoms with Gasteiger partial charge in [-0.15, -0.1) is 11.3 Å². The summed E-state index contributed by atoms with van der Waals surface area (Å²) in [5.41, 5.74) is 1.62. The zero-order chi connectivity index (χ0) is 26.7. The molecule has 2 unspecified atom stereocenters. The van der Waals surface area contributed by atoms with Gasteiger partial charge in [0.05, 0.1) is 13.7 Å². The van der Waals surface area contributed by atoms with E-state index in [1.165, 1.54) is 17.7 Å². The Morgan fingerprint density at radius 2 is 1.84 bits per heavy atom. The fourth-order valence-corrected chi connectivity index (χ4v) is 8.16. The van der Waals surface area contributed by atoms with Crippen molar-refractivity contribution in [3.05, 3.63) is 35.7 Å². The lowest BCUT2D eigenvalue weighted by Crippen LogP contribution is -2.55. The SMILES string of the molecule is COc1cccc(-c2csc(S(=O)(=O)NC3CCCN(CC(=O)N4CCCC4CN4CCCC4)C3=O)c2)c1. The number of piperidine rings is 1. The van der Waals surface area contributed by atoms with E-state index < -0.39 is 16.1 Å². The minimum Gasteiger partial charge on any atom is -0.497 e. The Labute approximate surface area is 228 Å². The monoisotopic (exact) mass is 560 g/mol. The molecule has 206 valence electrons. The van der Waals surface area contributed by atoms with Gasteiger partial charge in [-0.1, -0.05) is 12.1 Å². The van der Waals surface area contributed by atoms with E-state index in [1.54, 1.807) is 18.6 Å². The van der Waals surface area contributed by atoms with Crippen LogP contribution in [0, 0.1) is 0 Å². The molecule has 5 rings (SSSR count). The van der Waals surface area contributed by atoms with E-state index in [-0.39, 0.29) is 28.6 Å². The van der Waals surface area contributed by atoms with Crippen LogP contribution in [0.2, 0.25) is 0 Å². The van der Waals surface area contributed by atoms with Gasteiger partial charge < -0.3 is 19.4 Å². The Bertz CT molecular complexity index is 1260. The van der Waals surface area contributed by atoms with E-state index in [0.29, 0.717) is 25.1 Å². The maximum Gasteiger partial charge on any atom is 0.250 e. The first-order valence-corrected chi connectivity index (χ1v) is 15.8. The zero-order valence-corrected chi connectivity index (χ0v) is 23.4. The van der Waals surface area contributed by atoms with Crippen LogP contribution < -0.4 is 9.46 Å². The standard InChI is InChI=1S/C27H36N4O5S2/c1-36-23-9-4-7-20(15-23)21-16-26(37-19-21)38(34,35)28-24-10-6-13-30(27(24)33)18-25(32)31-14-5-8-22(31)17-29-11-2-3-12-29/h4,7,9,15-16,19,22,24,28H,2-3,5-6,8,10-14,17-18H2,1H3. The highest BCUT2D eigenvalue weighted by Crippen LogP contribution is 2.31. The molecule has 1 aromatic heterocycles. The lowest BCUT2D eigenvalue weighted by molar-refractivity contribution is -0.143. The van der Waals surface area contributed by atoms with Gasteiger partial charge in [0.15, 0.2) is 0 Å². The Morgan fingerprint density at radius 1 is 1.05 bits per heavy atom. The number of carbonyl (C=O) groups excluding carboxylic acids is 2. The van der Waals surface area contributed by atoms with E-state index in [4.69, 9.17) is 4.74 Å². The number of thiophene rings is 1. The molecule has 4 heterocycles. The summed E-state index contributed by atoms with van der Waals surface area (Å²) in [5, 5.41) is 1.78. The zero-order valence-electron chi connectivity index (χ0n) is 21.8. The maximum atomic E-state index is 13.3. The van der Waals surface area contributed by atoms with Crippen LogP contribution in [0.4, 0.5) is 0 Å². The quantitative estimate of drug-likeness (QED) is 0.507. The van der Waals surface area contributed by atoms with E-state index in [2.05, 4.69) is 9.62 Å². The molecule has 2 aromatic rings. The van der Waals surface area contributed by atoms with E-state index >= 15 is 0 Å². The average molecular weight is 561 g/mol. The number of nitrogens with one attached hydrogen (secondary N) is 1. The number of hydrogen-bond acceptors (Lipinski definition) is 7. The topological polar surface area (TPSA) is 99.3 Å². The third-order valence-electron chi connectivity index (χ3n) is 7.76. The summed E-state index contributed by atoms with van der Waals surface area (Å²) < 4.78 is 34.4. The van der Waals surface area contributed by atoms with Crippen molar-refractivity contribution in [2.45, 2.75) is 54.8 Å². The summed E-state index contributed by atoms with van der Waals surface area (Å²) in [7, 11) is -2.31. The molecule has 11 heteroatoms. The third-order valence-corrected chi connectivity index (χ3v) is 10.7. The molecule has 0 aliphatic carbocycles. The van der Waals surface area contributed by atoms with Crippen LogP contribution in [0.1, 0.15) is 38.5 Å². The average Bonchev–Trinajstić information content (AvgIpc) is 3.69. The summed E-state index contributed by atoms with van der Waals surface area (Å²) in [6, 6.07) is 8.37. The highest BCUT2D eigenvalue weighted by atomic mass is 32.2. The first-order valence-electron chi connectivity index (χ1n) is 13.4. The molecule has 9 nitrogen and oxygen atoms in total. The number of methoxy groups -OCH3 is 1. The van der Waals surface area contributed by atoms with Crippen molar-refractivity contribution in [2.75, 3.05) is 46.4 Å². The van der Waals surface area contributed by atoms with Crippen LogP contribution >= 0.6 is 11.3 Å². The summed E-state index contributed by atoms with van der Waals surface area (Å²) >= 11 is 1.11. The maximum absolute atomic E-state index is 13.3. The molecule has 38 heavy (non-hydrogen) atoms. The number of amides is 2. The van der Waals surface area contributed by atoms with Crippen LogP contribution in [-0.4, -0.2) is 93.4 Å². The molecule has 2 amide bonds. The van der Waals surface area contributed by atoms with Gasteiger partial charge >= 0.3 is 0 Å². The summed E-state index contributed by atoms with van der Waals surface area (Å²) in [4.78, 5) is 32.4. The predicted molar refractivity (Wildman–Crippen MR) is 147 cm³/mol. The molecule has 0 saturated carbocycles. The molecule has 0 bridgehead atoms. The molecule has 3 fully saturated rings. The van der Waals surface area contributed by atoms with Gasteiger partial charge in [-0.05, 0) is 86.3 Å². The normalized spacial score (nSPS) is 22.8. The Balaban J connectivity index is 1.21. The fraction of sp³-hybridized carbons (Fsp3) is 0.556. The van der Waals surface area contributed by atoms with Crippen molar-refractivity contribution in [3.63, 3.8) is 0 Å². The number of ether oxygens (including phenoxy) is 1. The second-order valence-corrected chi connectivity index (χ2v) is 13.2. The molecule has 1 N–H and O–H groups in total. The van der Waals surface area contributed by atoms with E-state index in [0.717, 1.165) is 61.5 Å². The first kappa shape index (κ1) is 27.1. The number of sulfonamides is 1. The van der Waals surface area contributed by atoms with Crippen molar-refractivity contribution < 1.29 is 22.7 Å². The number of carbonyl (C=O) groups is 2. The molecular formula is C27H36N4O5S2. The van der Waals surface area contributed by atoms with Gasteiger partial charge in [-0.3, -0.25) is 9.59 Å². The van der Waals surface area contributed by atoms with Crippen LogP contribution in [0.25, 0.3) is 11.1 Å². The van der Waals surface area contributed by atoms with Crippen LogP contribution in [0.15, 0.2) is 39.9 Å². The molecular weight excluding hydrogens is 524 g/mol. The largest absolute Gasteiger partial charge is 0.497 e. The molecule has 3 saturated heterocycles. The van der Waals surface area contributed by atoms with Gasteiger partial charge in [0.25, 0.3) is 10.0 Å². The smallest absolute Gasteiger partial charge is 0.250 e. The Kier molecular flexibility index (Phi) is 8.37. The van der Waals surface area contributed by atoms with Crippen molar-refractivity contribution in [2.24, 2.45) is 0 Å². The lowest BCUT2D eigenvalue weighted by Gasteiger charge is -2.34. The highest BCUT2D eigenvalue weighted by Gasteiger charge is 2.36. The molecule has 3 aliphatic heterocycles. The summed E-state index contributed by atoms with van der Waals surface area (Å²) in [5.74, 6) is 0.327. The molecule has 3 aliphatic rings. The molecule has 2 atom stereocenters. The molecule has 1 aromatic carbocycles. The van der Waals surface area contributed by atoms with Gasteiger partial charge in [-0.2, -0.15) is 4.72 Å². The summed E-state index contributed by atoms with van der Waals surface area (Å²) in [6.07, 6.45) is 5.47. The van der Waals surface area contributed by atoms with Crippen molar-refractivity contribution >= 4 is 33.2 Å². The fourth-order valence-electron chi connectivity index (χ4n) is 5.73. The number of hydrogen-bond donors (Lipinski definition) is 1. The highest BCUT2D eigenvalue weighted by molar-refractivity contribution is 7.91. The number of likely N-dealkylation sites (tertiary alicyclic amines) is 3. The minimum atomic E-state index is -3.90. The first-order chi connectivity index (χ1) is 18.3. The van der Waals surface area contributed by atoms with Gasteiger partial charge in [0, 0.05) is 25.7 Å². The Hall–Kier alpha value is -2.47. The molecule has 0 radical (unpaired) electrons. The van der Waals surface area contributed by atoms with Gasteiger partial charge in [-0.25, -0.2) is 8.42 Å². The van der Waals surface area contributed by atoms with Crippen molar-refractivity contribution in [1.29, 1.82) is 0 Å². The number of rotatable bonds is 9. The molecule has 0 spiro atoms. The second kappa shape index (κ2) is 11.7. The van der Waals surface area contributed by atoms with E-state index in [1.807, 2.05) is 29.2 Å². The second-order valence-electron chi connectivity index (χ2n) is 10.4. The van der Waals surface area contributed by atoms with Crippen LogP contribution in [0.3, 0.4) is 0 Å². The Morgan fingerprint density at radius 3 is 2.63 bits per heavy atom. The van der Waals surface area contributed by atoms with E-state index in [9.17, 15) is 18.0 Å². The van der Waals surface area contributed by atoms with Crippen molar-refractivity contribution in [1.82, 2.24) is 19.4 Å². The summed E-state index contributed by atoms with van der Waals surface area (Å²) in [6.45, 7) is 4.29. The predicted octanol–water partition coefficient (Wildman–Crippen LogP) is 2.78. The number of benzene rings is 1. The number of nitrogens with zero attached hydrogens (tertiary/aromatic N) is 3.